The molecule has 1 saturated carbocycles. The summed E-state index contributed by atoms with van der Waals surface area (Å²) in [7, 11) is 0. The molecule has 0 radical (unpaired) electrons. The van der Waals surface area contributed by atoms with Crippen LogP contribution in [0.15, 0.2) is 18.3 Å². The number of pyridine rings is 1. The summed E-state index contributed by atoms with van der Waals surface area (Å²) in [6.07, 6.45) is 1.96. The van der Waals surface area contributed by atoms with Crippen LogP contribution in [0, 0.1) is 0 Å². The average molecular weight is 273 g/mol. The number of halogens is 3. The van der Waals surface area contributed by atoms with Crippen LogP contribution < -0.4 is 11.1 Å². The molecule has 1 heterocycles. The van der Waals surface area contributed by atoms with Gasteiger partial charge in [0.2, 0.25) is 0 Å². The first-order valence-corrected chi connectivity index (χ1v) is 6.45. The molecule has 0 saturated heterocycles. The largest absolute Gasteiger partial charge is 0.416 e. The van der Waals surface area contributed by atoms with Gasteiger partial charge in [-0.1, -0.05) is 19.3 Å². The number of hydrogen-bond donors (Lipinski definition) is 2. The fourth-order valence-corrected chi connectivity index (χ4v) is 2.40. The molecule has 0 atom stereocenters. The number of hydrogen-bond acceptors (Lipinski definition) is 3. The number of aromatic nitrogens is 1. The van der Waals surface area contributed by atoms with Crippen LogP contribution >= 0.6 is 0 Å². The Kier molecular flexibility index (Phi) is 3.99. The van der Waals surface area contributed by atoms with Crippen molar-refractivity contribution in [1.82, 2.24) is 4.98 Å². The van der Waals surface area contributed by atoms with E-state index >= 15 is 0 Å². The molecule has 0 spiro atoms. The Labute approximate surface area is 110 Å². The van der Waals surface area contributed by atoms with Crippen molar-refractivity contribution in [2.75, 3.05) is 11.9 Å². The van der Waals surface area contributed by atoms with Crippen LogP contribution in [0.1, 0.15) is 37.7 Å². The van der Waals surface area contributed by atoms with Gasteiger partial charge in [0.1, 0.15) is 5.82 Å². The van der Waals surface area contributed by atoms with E-state index in [0.717, 1.165) is 44.0 Å². The summed E-state index contributed by atoms with van der Waals surface area (Å²) >= 11 is 0. The van der Waals surface area contributed by atoms with Crippen LogP contribution in [-0.4, -0.2) is 17.1 Å². The standard InChI is InChI=1S/C13H18F3N3/c14-13(15,16)10-4-7-18-11(8-10)19-9-12(17)5-2-1-3-6-12/h4,7-8H,1-3,5-6,9,17H2,(H,18,19). The van der Waals surface area contributed by atoms with Gasteiger partial charge in [-0.05, 0) is 25.0 Å². The second-order valence-electron chi connectivity index (χ2n) is 5.20. The zero-order valence-electron chi connectivity index (χ0n) is 10.6. The quantitative estimate of drug-likeness (QED) is 0.889. The third-order valence-electron chi connectivity index (χ3n) is 3.56. The Morgan fingerprint density at radius 3 is 2.58 bits per heavy atom. The molecule has 0 unspecified atom stereocenters. The maximum absolute atomic E-state index is 12.6. The predicted molar refractivity (Wildman–Crippen MR) is 67.7 cm³/mol. The lowest BCUT2D eigenvalue weighted by Gasteiger charge is -2.33. The molecule has 19 heavy (non-hydrogen) atoms. The van der Waals surface area contributed by atoms with Gasteiger partial charge in [-0.25, -0.2) is 4.98 Å². The zero-order valence-corrected chi connectivity index (χ0v) is 10.6. The van der Waals surface area contributed by atoms with E-state index in [0.29, 0.717) is 6.54 Å². The van der Waals surface area contributed by atoms with Gasteiger partial charge in [0.25, 0.3) is 0 Å². The summed E-state index contributed by atoms with van der Waals surface area (Å²) < 4.78 is 37.7. The number of rotatable bonds is 3. The number of nitrogens with zero attached hydrogens (tertiary/aromatic N) is 1. The van der Waals surface area contributed by atoms with Crippen LogP contribution in [0.4, 0.5) is 19.0 Å². The Morgan fingerprint density at radius 2 is 1.95 bits per heavy atom. The van der Waals surface area contributed by atoms with E-state index in [9.17, 15) is 13.2 Å². The third kappa shape index (κ3) is 3.83. The molecule has 1 aromatic heterocycles. The van der Waals surface area contributed by atoms with E-state index in [1.807, 2.05) is 0 Å². The van der Waals surface area contributed by atoms with Gasteiger partial charge in [-0.2, -0.15) is 13.2 Å². The lowest BCUT2D eigenvalue weighted by Crippen LogP contribution is -2.47. The van der Waals surface area contributed by atoms with Gasteiger partial charge in [-0.3, -0.25) is 0 Å². The molecule has 6 heteroatoms. The first-order valence-electron chi connectivity index (χ1n) is 6.45. The second-order valence-corrected chi connectivity index (χ2v) is 5.20. The predicted octanol–water partition coefficient (Wildman–Crippen LogP) is 3.17. The van der Waals surface area contributed by atoms with Crippen LogP contribution in [0.5, 0.6) is 0 Å². The van der Waals surface area contributed by atoms with Crippen molar-refractivity contribution in [3.05, 3.63) is 23.9 Å². The molecular weight excluding hydrogens is 255 g/mol. The molecule has 3 N–H and O–H groups in total. The maximum Gasteiger partial charge on any atom is 0.416 e. The molecule has 1 aliphatic rings. The minimum Gasteiger partial charge on any atom is -0.368 e. The lowest BCUT2D eigenvalue weighted by molar-refractivity contribution is -0.137. The molecule has 1 aromatic rings. The van der Waals surface area contributed by atoms with E-state index in [-0.39, 0.29) is 11.4 Å². The highest BCUT2D eigenvalue weighted by molar-refractivity contribution is 5.39. The van der Waals surface area contributed by atoms with Crippen molar-refractivity contribution in [3.63, 3.8) is 0 Å². The molecule has 3 nitrogen and oxygen atoms in total. The molecule has 1 fully saturated rings. The molecular formula is C13H18F3N3. The molecule has 106 valence electrons. The molecule has 0 bridgehead atoms. The van der Waals surface area contributed by atoms with Crippen molar-refractivity contribution in [1.29, 1.82) is 0 Å². The van der Waals surface area contributed by atoms with Crippen LogP contribution in [0.2, 0.25) is 0 Å². The van der Waals surface area contributed by atoms with Crippen molar-refractivity contribution in [3.8, 4) is 0 Å². The zero-order chi connectivity index (χ0) is 13.9. The van der Waals surface area contributed by atoms with Crippen molar-refractivity contribution >= 4 is 5.82 Å². The van der Waals surface area contributed by atoms with Gasteiger partial charge in [0.05, 0.1) is 5.56 Å². The minimum absolute atomic E-state index is 0.227. The van der Waals surface area contributed by atoms with Gasteiger partial charge < -0.3 is 11.1 Å². The topological polar surface area (TPSA) is 50.9 Å². The molecule has 0 aromatic carbocycles. The molecule has 2 rings (SSSR count). The van der Waals surface area contributed by atoms with Gasteiger partial charge in [0.15, 0.2) is 0 Å². The summed E-state index contributed by atoms with van der Waals surface area (Å²) in [6.45, 7) is 0.460. The van der Waals surface area contributed by atoms with Crippen LogP contribution in [0.25, 0.3) is 0 Å². The van der Waals surface area contributed by atoms with Gasteiger partial charge in [-0.15, -0.1) is 0 Å². The van der Waals surface area contributed by atoms with E-state index < -0.39 is 11.7 Å². The highest BCUT2D eigenvalue weighted by Gasteiger charge is 2.31. The smallest absolute Gasteiger partial charge is 0.368 e. The third-order valence-corrected chi connectivity index (χ3v) is 3.56. The Balaban J connectivity index is 1.99. The fourth-order valence-electron chi connectivity index (χ4n) is 2.40. The summed E-state index contributed by atoms with van der Waals surface area (Å²) in [5.41, 5.74) is 5.20. The fraction of sp³-hybridized carbons (Fsp3) is 0.615. The van der Waals surface area contributed by atoms with Crippen molar-refractivity contribution in [2.24, 2.45) is 5.73 Å². The molecule has 1 aliphatic carbocycles. The first kappa shape index (κ1) is 14.1. The van der Waals surface area contributed by atoms with E-state index in [1.165, 1.54) is 6.42 Å². The van der Waals surface area contributed by atoms with Crippen LogP contribution in [-0.2, 0) is 6.18 Å². The Morgan fingerprint density at radius 1 is 1.26 bits per heavy atom. The minimum atomic E-state index is -4.34. The van der Waals surface area contributed by atoms with Crippen molar-refractivity contribution in [2.45, 2.75) is 43.8 Å². The summed E-state index contributed by atoms with van der Waals surface area (Å²) in [5, 5.41) is 2.93. The summed E-state index contributed by atoms with van der Waals surface area (Å²) in [4.78, 5) is 3.90. The summed E-state index contributed by atoms with van der Waals surface area (Å²) in [6, 6.07) is 1.98. The van der Waals surface area contributed by atoms with Gasteiger partial charge >= 0.3 is 6.18 Å². The highest BCUT2D eigenvalue weighted by Crippen LogP contribution is 2.30. The van der Waals surface area contributed by atoms with Crippen LogP contribution in [0.3, 0.4) is 0 Å². The summed E-state index contributed by atoms with van der Waals surface area (Å²) in [5.74, 6) is 0.227. The maximum atomic E-state index is 12.6. The molecule has 0 amide bonds. The molecule has 0 aliphatic heterocycles. The Hall–Kier alpha value is -1.30. The van der Waals surface area contributed by atoms with E-state index in [1.54, 1.807) is 0 Å². The monoisotopic (exact) mass is 273 g/mol. The number of alkyl halides is 3. The number of nitrogens with two attached hydrogens (primary N) is 1. The van der Waals surface area contributed by atoms with Gasteiger partial charge in [0, 0.05) is 18.3 Å². The average Bonchev–Trinajstić information content (AvgIpc) is 2.37. The van der Waals surface area contributed by atoms with Crippen molar-refractivity contribution < 1.29 is 13.2 Å². The first-order chi connectivity index (χ1) is 8.89. The highest BCUT2D eigenvalue weighted by atomic mass is 19.4. The number of anilines is 1. The van der Waals surface area contributed by atoms with E-state index in [4.69, 9.17) is 5.73 Å². The lowest BCUT2D eigenvalue weighted by atomic mass is 9.82. The van der Waals surface area contributed by atoms with E-state index in [2.05, 4.69) is 10.3 Å². The SMILES string of the molecule is NC1(CNc2cc(C(F)(F)F)ccn2)CCCCC1. The Bertz CT molecular complexity index is 425. The normalized spacial score (nSPS) is 19.2. The second kappa shape index (κ2) is 5.36. The number of nitrogens with one attached hydrogen (secondary N) is 1.